The molecule has 0 spiro atoms. The molecule has 2 rings (SSSR count). The Balaban J connectivity index is 2.60. The minimum absolute atomic E-state index is 0.0375. The number of ketones is 1. The van der Waals surface area contributed by atoms with Gasteiger partial charge in [0.2, 0.25) is 0 Å². The van der Waals surface area contributed by atoms with Gasteiger partial charge in [-0.3, -0.25) is 4.79 Å². The number of Topliss-reactive ketones (excluding diaryl/α,β-unsaturated/α-hetero) is 1. The van der Waals surface area contributed by atoms with E-state index in [9.17, 15) is 4.79 Å². The molecule has 1 heterocycles. The summed E-state index contributed by atoms with van der Waals surface area (Å²) in [5.74, 6) is 0.0375. The standard InChI is InChI=1S/C18H19NO/c1-5-11-19-14(3)17(15(4)20)12-13(2)18(19)16-9-7-6-8-10-16/h5-10,12H,1,3,11H2,2,4H3. The molecule has 20 heavy (non-hydrogen) atoms. The Morgan fingerprint density at radius 2 is 1.95 bits per heavy atom. The molecule has 1 aromatic rings. The topological polar surface area (TPSA) is 20.3 Å². The molecule has 0 atom stereocenters. The van der Waals surface area contributed by atoms with Gasteiger partial charge in [-0.05, 0) is 31.1 Å². The number of carbonyl (C=O) groups is 1. The molecule has 1 aliphatic heterocycles. The van der Waals surface area contributed by atoms with Crippen molar-refractivity contribution in [1.82, 2.24) is 4.90 Å². The number of hydrogen-bond donors (Lipinski definition) is 0. The van der Waals surface area contributed by atoms with Crippen molar-refractivity contribution in [3.63, 3.8) is 0 Å². The number of allylic oxidation sites excluding steroid dienone is 3. The normalized spacial score (nSPS) is 15.2. The average Bonchev–Trinajstić information content (AvgIpc) is 2.43. The molecular formula is C18H19NO. The summed E-state index contributed by atoms with van der Waals surface area (Å²) in [4.78, 5) is 13.8. The van der Waals surface area contributed by atoms with Gasteiger partial charge in [0, 0.05) is 17.8 Å². The van der Waals surface area contributed by atoms with Gasteiger partial charge in [0.25, 0.3) is 0 Å². The van der Waals surface area contributed by atoms with E-state index >= 15 is 0 Å². The summed E-state index contributed by atoms with van der Waals surface area (Å²) in [6.45, 7) is 12.1. The highest BCUT2D eigenvalue weighted by molar-refractivity contribution is 6.00. The zero-order valence-corrected chi connectivity index (χ0v) is 12.0. The van der Waals surface area contributed by atoms with Crippen molar-refractivity contribution in [2.45, 2.75) is 13.8 Å². The maximum absolute atomic E-state index is 11.7. The molecule has 0 fully saturated rings. The van der Waals surface area contributed by atoms with Crippen LogP contribution in [-0.2, 0) is 4.79 Å². The Bertz CT molecular complexity index is 620. The van der Waals surface area contributed by atoms with E-state index in [4.69, 9.17) is 0 Å². The number of benzene rings is 1. The maximum atomic E-state index is 11.7. The molecule has 0 bridgehead atoms. The smallest absolute Gasteiger partial charge is 0.161 e. The van der Waals surface area contributed by atoms with Gasteiger partial charge in [0.1, 0.15) is 0 Å². The lowest BCUT2D eigenvalue weighted by atomic mass is 9.95. The fourth-order valence-electron chi connectivity index (χ4n) is 2.48. The molecule has 102 valence electrons. The Morgan fingerprint density at radius 3 is 2.50 bits per heavy atom. The predicted molar refractivity (Wildman–Crippen MR) is 83.8 cm³/mol. The molecule has 2 nitrogen and oxygen atoms in total. The maximum Gasteiger partial charge on any atom is 0.161 e. The molecule has 0 saturated heterocycles. The van der Waals surface area contributed by atoms with Crippen LogP contribution in [0.4, 0.5) is 0 Å². The van der Waals surface area contributed by atoms with Crippen LogP contribution in [0, 0.1) is 0 Å². The van der Waals surface area contributed by atoms with Crippen LogP contribution in [-0.4, -0.2) is 17.2 Å². The van der Waals surface area contributed by atoms with Crippen LogP contribution in [0.2, 0.25) is 0 Å². The van der Waals surface area contributed by atoms with E-state index in [0.717, 1.165) is 22.5 Å². The van der Waals surface area contributed by atoms with E-state index in [1.165, 1.54) is 0 Å². The largest absolute Gasteiger partial charge is 0.337 e. The van der Waals surface area contributed by atoms with Crippen LogP contribution in [0.15, 0.2) is 72.5 Å². The summed E-state index contributed by atoms with van der Waals surface area (Å²) in [6.07, 6.45) is 3.75. The van der Waals surface area contributed by atoms with Crippen LogP contribution in [0.3, 0.4) is 0 Å². The molecule has 0 aliphatic carbocycles. The molecule has 0 aromatic heterocycles. The first-order valence-electron chi connectivity index (χ1n) is 6.63. The second-order valence-corrected chi connectivity index (χ2v) is 4.86. The summed E-state index contributed by atoms with van der Waals surface area (Å²) in [7, 11) is 0. The quantitative estimate of drug-likeness (QED) is 0.768. The lowest BCUT2D eigenvalue weighted by Crippen LogP contribution is -2.27. The average molecular weight is 265 g/mol. The summed E-state index contributed by atoms with van der Waals surface area (Å²) in [5, 5.41) is 0. The monoisotopic (exact) mass is 265 g/mol. The predicted octanol–water partition coefficient (Wildman–Crippen LogP) is 3.95. The highest BCUT2D eigenvalue weighted by Gasteiger charge is 2.24. The number of nitrogens with zero attached hydrogens (tertiary/aromatic N) is 1. The van der Waals surface area contributed by atoms with E-state index in [2.05, 4.69) is 30.2 Å². The molecule has 0 N–H and O–H groups in total. The fourth-order valence-corrected chi connectivity index (χ4v) is 2.48. The number of carbonyl (C=O) groups excluding carboxylic acids is 1. The van der Waals surface area contributed by atoms with Gasteiger partial charge < -0.3 is 4.90 Å². The second kappa shape index (κ2) is 5.74. The lowest BCUT2D eigenvalue weighted by molar-refractivity contribution is -0.113. The second-order valence-electron chi connectivity index (χ2n) is 4.86. The van der Waals surface area contributed by atoms with Gasteiger partial charge in [-0.1, -0.05) is 43.0 Å². The Labute approximate surface area is 120 Å². The van der Waals surface area contributed by atoms with Crippen molar-refractivity contribution < 1.29 is 4.79 Å². The van der Waals surface area contributed by atoms with Gasteiger partial charge >= 0.3 is 0 Å². The van der Waals surface area contributed by atoms with Crippen molar-refractivity contribution in [1.29, 1.82) is 0 Å². The molecule has 0 unspecified atom stereocenters. The fraction of sp³-hybridized carbons (Fsp3) is 0.167. The Morgan fingerprint density at radius 1 is 1.30 bits per heavy atom. The zero-order chi connectivity index (χ0) is 14.7. The molecule has 0 saturated carbocycles. The van der Waals surface area contributed by atoms with Gasteiger partial charge in [-0.2, -0.15) is 0 Å². The SMILES string of the molecule is C=CCN1C(=C)C(C(C)=O)=CC(C)=C1c1ccccc1. The lowest BCUT2D eigenvalue weighted by Gasteiger charge is -2.33. The van der Waals surface area contributed by atoms with Gasteiger partial charge in [0.15, 0.2) is 5.78 Å². The first-order chi connectivity index (χ1) is 9.56. The third kappa shape index (κ3) is 2.50. The van der Waals surface area contributed by atoms with Crippen molar-refractivity contribution in [3.8, 4) is 0 Å². The molecule has 2 heteroatoms. The Hall–Kier alpha value is -2.35. The minimum Gasteiger partial charge on any atom is -0.337 e. The van der Waals surface area contributed by atoms with Crippen LogP contribution in [0.1, 0.15) is 19.4 Å². The summed E-state index contributed by atoms with van der Waals surface area (Å²) in [6, 6.07) is 10.1. The summed E-state index contributed by atoms with van der Waals surface area (Å²) in [5.41, 5.74) is 4.67. The highest BCUT2D eigenvalue weighted by Crippen LogP contribution is 2.34. The summed E-state index contributed by atoms with van der Waals surface area (Å²) < 4.78 is 0. The Kier molecular flexibility index (Phi) is 4.04. The van der Waals surface area contributed by atoms with Crippen molar-refractivity contribution in [2.75, 3.05) is 6.54 Å². The number of hydrogen-bond acceptors (Lipinski definition) is 2. The minimum atomic E-state index is 0.0375. The van der Waals surface area contributed by atoms with Crippen LogP contribution >= 0.6 is 0 Å². The molecule has 0 radical (unpaired) electrons. The third-order valence-corrected chi connectivity index (χ3v) is 3.38. The molecule has 0 amide bonds. The van der Waals surface area contributed by atoms with E-state index in [1.807, 2.05) is 37.3 Å². The van der Waals surface area contributed by atoms with E-state index in [-0.39, 0.29) is 5.78 Å². The van der Waals surface area contributed by atoms with Crippen molar-refractivity contribution >= 4 is 11.5 Å². The van der Waals surface area contributed by atoms with E-state index < -0.39 is 0 Å². The first kappa shape index (κ1) is 14.1. The number of rotatable bonds is 4. The van der Waals surface area contributed by atoms with Crippen LogP contribution in [0.5, 0.6) is 0 Å². The van der Waals surface area contributed by atoms with Crippen LogP contribution in [0.25, 0.3) is 5.70 Å². The van der Waals surface area contributed by atoms with Gasteiger partial charge in [-0.25, -0.2) is 0 Å². The van der Waals surface area contributed by atoms with Gasteiger partial charge in [-0.15, -0.1) is 6.58 Å². The zero-order valence-electron chi connectivity index (χ0n) is 12.0. The van der Waals surface area contributed by atoms with E-state index in [1.54, 1.807) is 6.92 Å². The highest BCUT2D eigenvalue weighted by atomic mass is 16.1. The van der Waals surface area contributed by atoms with E-state index in [0.29, 0.717) is 12.1 Å². The summed E-state index contributed by atoms with van der Waals surface area (Å²) >= 11 is 0. The van der Waals surface area contributed by atoms with Crippen molar-refractivity contribution in [3.05, 3.63) is 78.0 Å². The van der Waals surface area contributed by atoms with Crippen LogP contribution < -0.4 is 0 Å². The van der Waals surface area contributed by atoms with Gasteiger partial charge in [0.05, 0.1) is 5.70 Å². The van der Waals surface area contributed by atoms with Crippen molar-refractivity contribution in [2.24, 2.45) is 0 Å². The first-order valence-corrected chi connectivity index (χ1v) is 6.63. The molecular weight excluding hydrogens is 246 g/mol. The third-order valence-electron chi connectivity index (χ3n) is 3.38. The molecule has 1 aliphatic rings. The molecule has 1 aromatic carbocycles.